The number of ether oxygens (including phenoxy) is 1. The number of anilines is 1. The molecule has 0 unspecified atom stereocenters. The molecule has 0 fully saturated rings. The molecule has 1 N–H and O–H groups in total. The van der Waals surface area contributed by atoms with Crippen LogP contribution >= 0.6 is 0 Å². The van der Waals surface area contributed by atoms with E-state index in [1.165, 1.54) is 4.90 Å². The molecular weight excluding hydrogens is 404 g/mol. The second kappa shape index (κ2) is 9.92. The summed E-state index contributed by atoms with van der Waals surface area (Å²) in [7, 11) is 3.32. The molecule has 3 aromatic carbocycles. The van der Waals surface area contributed by atoms with Crippen LogP contribution in [0, 0.1) is 13.8 Å². The highest BCUT2D eigenvalue weighted by molar-refractivity contribution is 6.17. The van der Waals surface area contributed by atoms with Crippen molar-refractivity contribution in [1.29, 1.82) is 0 Å². The summed E-state index contributed by atoms with van der Waals surface area (Å²) in [6.07, 6.45) is 0. The topological polar surface area (TPSA) is 75.7 Å². The second-order valence-corrected chi connectivity index (χ2v) is 7.73. The number of hydrogen-bond acceptors (Lipinski definition) is 4. The molecule has 6 nitrogen and oxygen atoms in total. The first kappa shape index (κ1) is 22.7. The number of amides is 2. The molecule has 0 radical (unpaired) electrons. The van der Waals surface area contributed by atoms with E-state index in [2.05, 4.69) is 5.32 Å². The highest BCUT2D eigenvalue weighted by Gasteiger charge is 2.18. The molecule has 0 aliphatic carbocycles. The van der Waals surface area contributed by atoms with Crippen LogP contribution in [0.2, 0.25) is 0 Å². The van der Waals surface area contributed by atoms with Crippen LogP contribution in [-0.4, -0.2) is 43.2 Å². The molecule has 6 heteroatoms. The van der Waals surface area contributed by atoms with Gasteiger partial charge in [0.2, 0.25) is 0 Å². The third-order valence-corrected chi connectivity index (χ3v) is 5.16. The van der Waals surface area contributed by atoms with Crippen LogP contribution < -0.4 is 10.1 Å². The average molecular weight is 431 g/mol. The molecule has 0 spiro atoms. The SMILES string of the molecule is Cc1ccc(C(=O)c2ccccc2C(=O)Nc2ccc(OCC(=O)N(C)C)cc2)cc1C. The summed E-state index contributed by atoms with van der Waals surface area (Å²) in [5.41, 5.74) is 3.86. The monoisotopic (exact) mass is 430 g/mol. The number of hydrogen-bond donors (Lipinski definition) is 1. The van der Waals surface area contributed by atoms with Gasteiger partial charge in [0.25, 0.3) is 11.8 Å². The van der Waals surface area contributed by atoms with Gasteiger partial charge in [0, 0.05) is 30.9 Å². The molecule has 3 rings (SSSR count). The normalized spacial score (nSPS) is 10.4. The van der Waals surface area contributed by atoms with E-state index in [0.29, 0.717) is 28.1 Å². The number of nitrogens with zero attached hydrogens (tertiary/aromatic N) is 1. The third kappa shape index (κ3) is 5.40. The quantitative estimate of drug-likeness (QED) is 0.569. The Kier molecular flexibility index (Phi) is 7.05. The lowest BCUT2D eigenvalue weighted by atomic mass is 9.95. The van der Waals surface area contributed by atoms with Gasteiger partial charge in [-0.25, -0.2) is 0 Å². The summed E-state index contributed by atoms with van der Waals surface area (Å²) in [6.45, 7) is 3.88. The summed E-state index contributed by atoms with van der Waals surface area (Å²) < 4.78 is 5.44. The number of nitrogens with one attached hydrogen (secondary N) is 1. The number of carbonyl (C=O) groups excluding carboxylic acids is 3. The molecule has 32 heavy (non-hydrogen) atoms. The van der Waals surface area contributed by atoms with Crippen molar-refractivity contribution in [1.82, 2.24) is 4.90 Å². The van der Waals surface area contributed by atoms with Gasteiger partial charge in [-0.3, -0.25) is 14.4 Å². The second-order valence-electron chi connectivity index (χ2n) is 7.73. The minimum Gasteiger partial charge on any atom is -0.484 e. The van der Waals surface area contributed by atoms with Crippen LogP contribution in [0.4, 0.5) is 5.69 Å². The smallest absolute Gasteiger partial charge is 0.259 e. The molecule has 0 saturated heterocycles. The fourth-order valence-corrected chi connectivity index (χ4v) is 3.02. The molecular formula is C26H26N2O4. The van der Waals surface area contributed by atoms with Crippen molar-refractivity contribution in [2.75, 3.05) is 26.0 Å². The van der Waals surface area contributed by atoms with Gasteiger partial charge < -0.3 is 15.0 Å². The first-order chi connectivity index (χ1) is 15.3. The Morgan fingerprint density at radius 1 is 0.844 bits per heavy atom. The number of ketones is 1. The van der Waals surface area contributed by atoms with Crippen molar-refractivity contribution >= 4 is 23.3 Å². The average Bonchev–Trinajstić information content (AvgIpc) is 2.79. The maximum absolute atomic E-state index is 13.1. The summed E-state index contributed by atoms with van der Waals surface area (Å²) in [6, 6.07) is 19.0. The third-order valence-electron chi connectivity index (χ3n) is 5.16. The van der Waals surface area contributed by atoms with Crippen molar-refractivity contribution in [2.45, 2.75) is 13.8 Å². The lowest BCUT2D eigenvalue weighted by molar-refractivity contribution is -0.130. The molecule has 0 aliphatic heterocycles. The molecule has 0 saturated carbocycles. The molecule has 3 aromatic rings. The van der Waals surface area contributed by atoms with Gasteiger partial charge >= 0.3 is 0 Å². The Balaban J connectivity index is 1.74. The fourth-order valence-electron chi connectivity index (χ4n) is 3.02. The Labute approximate surface area is 187 Å². The van der Waals surface area contributed by atoms with Crippen LogP contribution in [0.3, 0.4) is 0 Å². The van der Waals surface area contributed by atoms with E-state index in [4.69, 9.17) is 4.74 Å². The van der Waals surface area contributed by atoms with Crippen LogP contribution in [-0.2, 0) is 4.79 Å². The van der Waals surface area contributed by atoms with Crippen molar-refractivity contribution in [3.8, 4) is 5.75 Å². The van der Waals surface area contributed by atoms with Gasteiger partial charge in [-0.2, -0.15) is 0 Å². The van der Waals surface area contributed by atoms with E-state index in [9.17, 15) is 14.4 Å². The Hall–Kier alpha value is -3.93. The predicted molar refractivity (Wildman–Crippen MR) is 124 cm³/mol. The summed E-state index contributed by atoms with van der Waals surface area (Å²) in [5, 5.41) is 2.81. The molecule has 2 amide bonds. The van der Waals surface area contributed by atoms with Gasteiger partial charge in [0.1, 0.15) is 5.75 Å². The first-order valence-corrected chi connectivity index (χ1v) is 10.2. The largest absolute Gasteiger partial charge is 0.484 e. The van der Waals surface area contributed by atoms with Gasteiger partial charge in [0.15, 0.2) is 12.4 Å². The van der Waals surface area contributed by atoms with E-state index in [1.54, 1.807) is 68.7 Å². The van der Waals surface area contributed by atoms with E-state index >= 15 is 0 Å². The van der Waals surface area contributed by atoms with Crippen LogP contribution in [0.25, 0.3) is 0 Å². The lowest BCUT2D eigenvalue weighted by Crippen LogP contribution is -2.27. The predicted octanol–water partition coefficient (Wildman–Crippen LogP) is 4.25. The standard InChI is InChI=1S/C26H26N2O4/c1-17-9-10-19(15-18(17)2)25(30)22-7-5-6-8-23(22)26(31)27-20-11-13-21(14-12-20)32-16-24(29)28(3)4/h5-15H,16H2,1-4H3,(H,27,31). The Morgan fingerprint density at radius 2 is 1.50 bits per heavy atom. The minimum atomic E-state index is -0.380. The van der Waals surface area contributed by atoms with Crippen LogP contribution in [0.15, 0.2) is 66.7 Å². The van der Waals surface area contributed by atoms with Gasteiger partial charge in [0.05, 0.1) is 5.56 Å². The Morgan fingerprint density at radius 3 is 2.12 bits per heavy atom. The Bertz CT molecular complexity index is 1150. The lowest BCUT2D eigenvalue weighted by Gasteiger charge is -2.12. The number of carbonyl (C=O) groups is 3. The highest BCUT2D eigenvalue weighted by Crippen LogP contribution is 2.20. The number of aryl methyl sites for hydroxylation is 2. The summed E-state index contributed by atoms with van der Waals surface area (Å²) in [5.74, 6) is -0.210. The minimum absolute atomic E-state index is 0.0628. The van der Waals surface area contributed by atoms with Crippen molar-refractivity contribution in [3.63, 3.8) is 0 Å². The van der Waals surface area contributed by atoms with Gasteiger partial charge in [-0.15, -0.1) is 0 Å². The van der Waals surface area contributed by atoms with Gasteiger partial charge in [-0.1, -0.05) is 30.3 Å². The molecule has 164 valence electrons. The number of benzene rings is 3. The van der Waals surface area contributed by atoms with Crippen LogP contribution in [0.1, 0.15) is 37.4 Å². The fraction of sp³-hybridized carbons (Fsp3) is 0.192. The van der Waals surface area contributed by atoms with E-state index < -0.39 is 0 Å². The van der Waals surface area contributed by atoms with Crippen molar-refractivity contribution in [2.24, 2.45) is 0 Å². The first-order valence-electron chi connectivity index (χ1n) is 10.2. The van der Waals surface area contributed by atoms with E-state index in [1.807, 2.05) is 26.0 Å². The number of rotatable bonds is 7. The molecule has 0 heterocycles. The molecule has 0 aliphatic rings. The zero-order valence-electron chi connectivity index (χ0n) is 18.6. The molecule has 0 bridgehead atoms. The molecule has 0 aromatic heterocycles. The van der Waals surface area contributed by atoms with Gasteiger partial charge in [-0.05, 0) is 61.4 Å². The van der Waals surface area contributed by atoms with Crippen molar-refractivity contribution < 1.29 is 19.1 Å². The summed E-state index contributed by atoms with van der Waals surface area (Å²) >= 11 is 0. The van der Waals surface area contributed by atoms with Crippen molar-refractivity contribution in [3.05, 3.63) is 94.5 Å². The van der Waals surface area contributed by atoms with E-state index in [-0.39, 0.29) is 24.2 Å². The summed E-state index contributed by atoms with van der Waals surface area (Å²) in [4.78, 5) is 39.1. The van der Waals surface area contributed by atoms with E-state index in [0.717, 1.165) is 11.1 Å². The zero-order valence-corrected chi connectivity index (χ0v) is 18.6. The highest BCUT2D eigenvalue weighted by atomic mass is 16.5. The molecule has 0 atom stereocenters. The number of likely N-dealkylation sites (N-methyl/N-ethyl adjacent to an activating group) is 1. The zero-order chi connectivity index (χ0) is 23.3. The maximum atomic E-state index is 13.1. The maximum Gasteiger partial charge on any atom is 0.259 e. The van der Waals surface area contributed by atoms with Crippen LogP contribution in [0.5, 0.6) is 5.75 Å².